The molecule has 0 aromatic heterocycles. The van der Waals surface area contributed by atoms with E-state index in [0.29, 0.717) is 5.11 Å². The number of thiocarbonyl (C=S) groups is 1. The van der Waals surface area contributed by atoms with Crippen LogP contribution in [0.15, 0.2) is 69.6 Å². The highest BCUT2D eigenvalue weighted by molar-refractivity contribution is 9.11. The van der Waals surface area contributed by atoms with Gasteiger partial charge in [0.05, 0.1) is 5.69 Å². The Labute approximate surface area is 151 Å². The van der Waals surface area contributed by atoms with Crippen molar-refractivity contribution in [3.63, 3.8) is 0 Å². The van der Waals surface area contributed by atoms with Gasteiger partial charge in [0.15, 0.2) is 5.11 Å². The van der Waals surface area contributed by atoms with E-state index in [1.807, 2.05) is 42.5 Å². The van der Waals surface area contributed by atoms with Gasteiger partial charge in [0.2, 0.25) is 0 Å². The van der Waals surface area contributed by atoms with Gasteiger partial charge in [-0.3, -0.25) is 0 Å². The summed E-state index contributed by atoms with van der Waals surface area (Å²) >= 11 is 12.4. The van der Waals surface area contributed by atoms with Crippen LogP contribution >= 0.6 is 44.1 Å². The molecule has 22 heavy (non-hydrogen) atoms. The summed E-state index contributed by atoms with van der Waals surface area (Å²) in [6.07, 6.45) is 0. The Bertz CT molecular complexity index is 844. The van der Waals surface area contributed by atoms with E-state index in [1.54, 1.807) is 0 Å². The van der Waals surface area contributed by atoms with Crippen LogP contribution in [0.1, 0.15) is 0 Å². The zero-order valence-electron chi connectivity index (χ0n) is 11.4. The van der Waals surface area contributed by atoms with Gasteiger partial charge in [0.1, 0.15) is 0 Å². The molecule has 0 bridgehead atoms. The minimum atomic E-state index is 0.555. The molecule has 5 heteroatoms. The van der Waals surface area contributed by atoms with E-state index in [2.05, 4.69) is 60.7 Å². The van der Waals surface area contributed by atoms with Crippen LogP contribution in [0.4, 0.5) is 11.4 Å². The zero-order chi connectivity index (χ0) is 15.5. The van der Waals surface area contributed by atoms with Crippen LogP contribution in [-0.4, -0.2) is 5.11 Å². The molecule has 0 amide bonds. The molecule has 0 saturated carbocycles. The first-order valence-corrected chi connectivity index (χ1v) is 8.64. The first-order valence-electron chi connectivity index (χ1n) is 6.64. The third-order valence-corrected chi connectivity index (χ3v) is 4.57. The quantitative estimate of drug-likeness (QED) is 0.470. The highest BCUT2D eigenvalue weighted by atomic mass is 79.9. The van der Waals surface area contributed by atoms with E-state index in [0.717, 1.165) is 25.7 Å². The van der Waals surface area contributed by atoms with Crippen molar-refractivity contribution < 1.29 is 0 Å². The Hall–Kier alpha value is -1.43. The summed E-state index contributed by atoms with van der Waals surface area (Å²) < 4.78 is 1.96. The minimum Gasteiger partial charge on any atom is -0.332 e. The van der Waals surface area contributed by atoms with Gasteiger partial charge in [-0.05, 0) is 57.8 Å². The van der Waals surface area contributed by atoms with Crippen LogP contribution in [0.2, 0.25) is 0 Å². The molecule has 0 aliphatic rings. The Morgan fingerprint density at radius 2 is 1.55 bits per heavy atom. The largest absolute Gasteiger partial charge is 0.332 e. The smallest absolute Gasteiger partial charge is 0.175 e. The van der Waals surface area contributed by atoms with E-state index in [4.69, 9.17) is 12.2 Å². The summed E-state index contributed by atoms with van der Waals surface area (Å²) in [5.41, 5.74) is 1.91. The number of anilines is 2. The SMILES string of the molecule is S=C(Nc1ccc(Br)cc1Br)Nc1cccc2ccccc12. The molecular weight excluding hydrogens is 424 g/mol. The summed E-state index contributed by atoms with van der Waals surface area (Å²) in [6, 6.07) is 20.2. The van der Waals surface area contributed by atoms with Gasteiger partial charge in [0.25, 0.3) is 0 Å². The molecule has 0 saturated heterocycles. The van der Waals surface area contributed by atoms with Crippen LogP contribution in [0.25, 0.3) is 10.8 Å². The molecule has 0 fully saturated rings. The van der Waals surface area contributed by atoms with Gasteiger partial charge >= 0.3 is 0 Å². The van der Waals surface area contributed by atoms with Crippen molar-refractivity contribution in [3.8, 4) is 0 Å². The van der Waals surface area contributed by atoms with Crippen LogP contribution in [0.3, 0.4) is 0 Å². The van der Waals surface area contributed by atoms with Gasteiger partial charge in [-0.15, -0.1) is 0 Å². The first-order chi connectivity index (χ1) is 10.6. The number of fused-ring (bicyclic) bond motifs is 1. The number of hydrogen-bond donors (Lipinski definition) is 2. The van der Waals surface area contributed by atoms with Gasteiger partial charge in [-0.1, -0.05) is 52.3 Å². The lowest BCUT2D eigenvalue weighted by molar-refractivity contribution is 1.55. The van der Waals surface area contributed by atoms with E-state index in [1.165, 1.54) is 5.39 Å². The molecular formula is C17H12Br2N2S. The van der Waals surface area contributed by atoms with Crippen molar-refractivity contribution in [1.82, 2.24) is 0 Å². The second-order valence-electron chi connectivity index (χ2n) is 4.73. The topological polar surface area (TPSA) is 24.1 Å². The second kappa shape index (κ2) is 6.77. The first kappa shape index (κ1) is 15.5. The lowest BCUT2D eigenvalue weighted by Crippen LogP contribution is -2.19. The molecule has 3 aromatic carbocycles. The van der Waals surface area contributed by atoms with Crippen molar-refractivity contribution in [2.45, 2.75) is 0 Å². The maximum atomic E-state index is 5.42. The molecule has 0 atom stereocenters. The van der Waals surface area contributed by atoms with E-state index in [9.17, 15) is 0 Å². The molecule has 110 valence electrons. The van der Waals surface area contributed by atoms with Crippen LogP contribution in [0, 0.1) is 0 Å². The maximum absolute atomic E-state index is 5.42. The monoisotopic (exact) mass is 434 g/mol. The highest BCUT2D eigenvalue weighted by Crippen LogP contribution is 2.27. The molecule has 2 nitrogen and oxygen atoms in total. The summed E-state index contributed by atoms with van der Waals surface area (Å²) in [7, 11) is 0. The Kier molecular flexibility index (Phi) is 4.76. The minimum absolute atomic E-state index is 0.555. The fourth-order valence-corrected chi connectivity index (χ4v) is 3.57. The number of halogens is 2. The van der Waals surface area contributed by atoms with Crippen molar-refractivity contribution >= 4 is 71.3 Å². The predicted molar refractivity (Wildman–Crippen MR) is 106 cm³/mol. The summed E-state index contributed by atoms with van der Waals surface area (Å²) in [5.74, 6) is 0. The highest BCUT2D eigenvalue weighted by Gasteiger charge is 2.05. The predicted octanol–water partition coefficient (Wildman–Crippen LogP) is 6.17. The third kappa shape index (κ3) is 3.48. The zero-order valence-corrected chi connectivity index (χ0v) is 15.4. The van der Waals surface area contributed by atoms with Crippen molar-refractivity contribution in [3.05, 3.63) is 69.6 Å². The third-order valence-electron chi connectivity index (χ3n) is 3.22. The average molecular weight is 436 g/mol. The lowest BCUT2D eigenvalue weighted by atomic mass is 10.1. The van der Waals surface area contributed by atoms with Gasteiger partial charge in [-0.25, -0.2) is 0 Å². The van der Waals surface area contributed by atoms with Crippen molar-refractivity contribution in [1.29, 1.82) is 0 Å². The van der Waals surface area contributed by atoms with Crippen LogP contribution < -0.4 is 10.6 Å². The second-order valence-corrected chi connectivity index (χ2v) is 6.91. The Morgan fingerprint density at radius 1 is 0.818 bits per heavy atom. The summed E-state index contributed by atoms with van der Waals surface area (Å²) in [5, 5.41) is 9.34. The molecule has 0 radical (unpaired) electrons. The number of nitrogens with one attached hydrogen (secondary N) is 2. The summed E-state index contributed by atoms with van der Waals surface area (Å²) in [4.78, 5) is 0. The molecule has 0 aliphatic heterocycles. The number of rotatable bonds is 2. The molecule has 0 spiro atoms. The van der Waals surface area contributed by atoms with E-state index < -0.39 is 0 Å². The number of hydrogen-bond acceptors (Lipinski definition) is 1. The van der Waals surface area contributed by atoms with Crippen LogP contribution in [0.5, 0.6) is 0 Å². The lowest BCUT2D eigenvalue weighted by Gasteiger charge is -2.13. The standard InChI is InChI=1S/C17H12Br2N2S/c18-12-8-9-16(14(19)10-12)21-17(22)20-15-7-3-5-11-4-1-2-6-13(11)15/h1-10H,(H2,20,21,22). The normalized spacial score (nSPS) is 10.5. The Balaban J connectivity index is 1.81. The van der Waals surface area contributed by atoms with Crippen molar-refractivity contribution in [2.24, 2.45) is 0 Å². The van der Waals surface area contributed by atoms with E-state index >= 15 is 0 Å². The molecule has 3 rings (SSSR count). The molecule has 0 aliphatic carbocycles. The fraction of sp³-hybridized carbons (Fsp3) is 0. The summed E-state index contributed by atoms with van der Waals surface area (Å²) in [6.45, 7) is 0. The van der Waals surface area contributed by atoms with Gasteiger partial charge in [0, 0.05) is 20.0 Å². The molecule has 0 heterocycles. The maximum Gasteiger partial charge on any atom is 0.175 e. The van der Waals surface area contributed by atoms with Gasteiger partial charge in [-0.2, -0.15) is 0 Å². The molecule has 2 N–H and O–H groups in total. The fourth-order valence-electron chi connectivity index (χ4n) is 2.20. The van der Waals surface area contributed by atoms with E-state index in [-0.39, 0.29) is 0 Å². The average Bonchev–Trinajstić information content (AvgIpc) is 2.50. The van der Waals surface area contributed by atoms with Gasteiger partial charge < -0.3 is 10.6 Å². The number of benzene rings is 3. The molecule has 0 unspecified atom stereocenters. The van der Waals surface area contributed by atoms with Crippen LogP contribution in [-0.2, 0) is 0 Å². The van der Waals surface area contributed by atoms with Crippen molar-refractivity contribution in [2.75, 3.05) is 10.6 Å². The molecule has 3 aromatic rings. The Morgan fingerprint density at radius 3 is 2.36 bits per heavy atom.